The molecule has 8 aromatic carbocycles. The second-order valence-corrected chi connectivity index (χ2v) is 30.3. The Kier molecular flexibility index (Phi) is 19.3. The minimum Gasteiger partial charge on any atom is -0.310 e. The van der Waals surface area contributed by atoms with Crippen molar-refractivity contribution < 1.29 is 0 Å². The van der Waals surface area contributed by atoms with Crippen molar-refractivity contribution >= 4 is 34.1 Å². The molecular formula is C90H106N2. The third-order valence-corrected chi connectivity index (χ3v) is 24.7. The highest BCUT2D eigenvalue weighted by Crippen LogP contribution is 2.55. The summed E-state index contributed by atoms with van der Waals surface area (Å²) in [6, 6.07) is 73.5. The van der Waals surface area contributed by atoms with Crippen molar-refractivity contribution in [3.05, 3.63) is 226 Å². The Bertz CT molecular complexity index is 3310. The lowest BCUT2D eigenvalue weighted by Crippen LogP contribution is -2.30. The van der Waals surface area contributed by atoms with E-state index in [2.05, 4.69) is 192 Å². The SMILES string of the molecule is c1ccc(-c2ccc(N(c3ccc(C4(c5ccc(N(c6ccc(-c7ccccc7)cc6)c6c(C7CCCCC7)cc(C7CCCCC7)cc6C6CCCCC6)cc5)CCCCC4)cc3)c3c(C4CCCCC4)cc(C4CCCCC4)cc3C3CCCCC3)cc2)cc1. The molecule has 0 aliphatic heterocycles. The van der Waals surface area contributed by atoms with Crippen LogP contribution in [0, 0.1) is 0 Å². The molecule has 0 atom stereocenters. The Labute approximate surface area is 555 Å². The van der Waals surface area contributed by atoms with E-state index in [1.54, 1.807) is 33.4 Å². The molecule has 0 radical (unpaired) electrons. The van der Waals surface area contributed by atoms with E-state index in [4.69, 9.17) is 0 Å². The van der Waals surface area contributed by atoms with Gasteiger partial charge in [-0.1, -0.05) is 268 Å². The minimum absolute atomic E-state index is 0.0655. The summed E-state index contributed by atoms with van der Waals surface area (Å²) in [5.74, 6) is 3.73. The fourth-order valence-electron chi connectivity index (χ4n) is 19.6. The van der Waals surface area contributed by atoms with Crippen molar-refractivity contribution in [2.45, 2.75) is 266 Å². The normalized spacial score (nSPS) is 20.2. The van der Waals surface area contributed by atoms with Crippen LogP contribution in [0.4, 0.5) is 34.1 Å². The van der Waals surface area contributed by atoms with Gasteiger partial charge in [0.05, 0.1) is 11.4 Å². The summed E-state index contributed by atoms with van der Waals surface area (Å²) < 4.78 is 0. The molecule has 7 aliphatic carbocycles. The van der Waals surface area contributed by atoms with Crippen LogP contribution in [-0.2, 0) is 5.41 Å². The zero-order valence-corrected chi connectivity index (χ0v) is 55.9. The maximum absolute atomic E-state index is 2.80. The number of anilines is 6. The Morgan fingerprint density at radius 1 is 0.228 bits per heavy atom. The van der Waals surface area contributed by atoms with Crippen LogP contribution in [0.1, 0.15) is 305 Å². The lowest BCUT2D eigenvalue weighted by Gasteiger charge is -2.40. The van der Waals surface area contributed by atoms with Crippen molar-refractivity contribution in [2.75, 3.05) is 9.80 Å². The van der Waals surface area contributed by atoms with Gasteiger partial charge < -0.3 is 9.80 Å². The van der Waals surface area contributed by atoms with Crippen LogP contribution >= 0.6 is 0 Å². The van der Waals surface area contributed by atoms with Gasteiger partial charge in [-0.2, -0.15) is 0 Å². The fourth-order valence-corrected chi connectivity index (χ4v) is 19.6. The van der Waals surface area contributed by atoms with Gasteiger partial charge in [-0.3, -0.25) is 0 Å². The first-order chi connectivity index (χ1) is 45.6. The first kappa shape index (κ1) is 61.5. The van der Waals surface area contributed by atoms with Crippen LogP contribution in [-0.4, -0.2) is 0 Å². The number of benzene rings is 8. The summed E-state index contributed by atoms with van der Waals surface area (Å²) in [4.78, 5) is 5.59. The van der Waals surface area contributed by atoms with E-state index in [1.165, 1.54) is 292 Å². The Morgan fingerprint density at radius 2 is 0.467 bits per heavy atom. The third-order valence-electron chi connectivity index (χ3n) is 24.7. The highest BCUT2D eigenvalue weighted by atomic mass is 15.2. The van der Waals surface area contributed by atoms with E-state index < -0.39 is 0 Å². The summed E-state index contributed by atoms with van der Waals surface area (Å²) in [6.07, 6.45) is 46.6. The number of hydrogen-bond acceptors (Lipinski definition) is 2. The van der Waals surface area contributed by atoms with Crippen molar-refractivity contribution in [2.24, 2.45) is 0 Å². The first-order valence-corrected chi connectivity index (χ1v) is 38.1. The van der Waals surface area contributed by atoms with Gasteiger partial charge in [0.1, 0.15) is 0 Å². The first-order valence-electron chi connectivity index (χ1n) is 38.1. The molecule has 15 rings (SSSR count). The molecule has 0 N–H and O–H groups in total. The summed E-state index contributed by atoms with van der Waals surface area (Å²) >= 11 is 0. The molecule has 2 nitrogen and oxygen atoms in total. The van der Waals surface area contributed by atoms with E-state index in [1.807, 2.05) is 0 Å². The van der Waals surface area contributed by atoms with Crippen LogP contribution in [0.15, 0.2) is 182 Å². The highest BCUT2D eigenvalue weighted by Gasteiger charge is 2.38. The maximum Gasteiger partial charge on any atom is 0.0531 e. The number of hydrogen-bond donors (Lipinski definition) is 0. The molecule has 0 unspecified atom stereocenters. The van der Waals surface area contributed by atoms with E-state index >= 15 is 0 Å². The van der Waals surface area contributed by atoms with Crippen molar-refractivity contribution in [3.63, 3.8) is 0 Å². The van der Waals surface area contributed by atoms with Crippen LogP contribution in [0.5, 0.6) is 0 Å². The monoisotopic (exact) mass is 1210 g/mol. The smallest absolute Gasteiger partial charge is 0.0531 e. The van der Waals surface area contributed by atoms with Gasteiger partial charge in [0.15, 0.2) is 0 Å². The number of nitrogens with zero attached hydrogens (tertiary/aromatic N) is 2. The van der Waals surface area contributed by atoms with Gasteiger partial charge in [-0.05, 0) is 241 Å². The summed E-state index contributed by atoms with van der Waals surface area (Å²) in [5, 5.41) is 0. The zero-order chi connectivity index (χ0) is 61.5. The lowest BCUT2D eigenvalue weighted by molar-refractivity contribution is 0.346. The lowest BCUT2D eigenvalue weighted by atomic mass is 9.65. The second-order valence-electron chi connectivity index (χ2n) is 30.3. The largest absolute Gasteiger partial charge is 0.310 e. The maximum atomic E-state index is 2.80. The van der Waals surface area contributed by atoms with Crippen LogP contribution in [0.2, 0.25) is 0 Å². The molecule has 0 saturated heterocycles. The molecule has 7 saturated carbocycles. The van der Waals surface area contributed by atoms with E-state index in [9.17, 15) is 0 Å². The molecule has 0 spiro atoms. The molecule has 0 bridgehead atoms. The zero-order valence-electron chi connectivity index (χ0n) is 55.9. The van der Waals surface area contributed by atoms with Gasteiger partial charge in [0.2, 0.25) is 0 Å². The molecule has 2 heteroatoms. The predicted octanol–water partition coefficient (Wildman–Crippen LogP) is 27.5. The quantitative estimate of drug-likeness (QED) is 0.0951. The summed E-state index contributed by atoms with van der Waals surface area (Å²) in [6.45, 7) is 0. The summed E-state index contributed by atoms with van der Waals surface area (Å²) in [7, 11) is 0. The van der Waals surface area contributed by atoms with Crippen molar-refractivity contribution in [1.29, 1.82) is 0 Å². The third kappa shape index (κ3) is 13.2. The van der Waals surface area contributed by atoms with Crippen LogP contribution in [0.25, 0.3) is 22.3 Å². The average Bonchev–Trinajstić information content (AvgIpc) is 0.937. The molecule has 0 heterocycles. The Hall–Kier alpha value is -6.64. The van der Waals surface area contributed by atoms with Crippen LogP contribution in [0.3, 0.4) is 0 Å². The average molecular weight is 1220 g/mol. The molecule has 92 heavy (non-hydrogen) atoms. The highest BCUT2D eigenvalue weighted by molar-refractivity contribution is 5.85. The predicted molar refractivity (Wildman–Crippen MR) is 392 cm³/mol. The fraction of sp³-hybridized carbons (Fsp3) is 0.467. The van der Waals surface area contributed by atoms with E-state index in [-0.39, 0.29) is 5.41 Å². The van der Waals surface area contributed by atoms with Gasteiger partial charge >= 0.3 is 0 Å². The minimum atomic E-state index is -0.0655. The standard InChI is InChI=1S/C90H106N2/c1-10-28-66(29-11-1)70-44-52-80(53-45-70)91(88-84(72-36-18-5-19-37-72)62-76(68-32-14-3-15-33-68)63-85(88)73-38-20-6-21-39-73)82-56-48-78(49-57-82)90(60-26-9-27-61-90)79-50-58-83(59-51-79)92(81-54-46-71(47-55-81)67-30-12-2-13-31-67)89-86(74-40-22-7-23-41-74)64-77(69-34-16-4-17-35-69)65-87(89)75-42-24-8-25-43-75/h1-2,10-13,28-31,44-59,62-65,68-69,72-75H,3-9,14-27,32-43,60-61H2. The Balaban J connectivity index is 0.858. The van der Waals surface area contributed by atoms with E-state index in [0.29, 0.717) is 35.5 Å². The molecule has 0 aromatic heterocycles. The molecule has 476 valence electrons. The van der Waals surface area contributed by atoms with Gasteiger partial charge in [0, 0.05) is 28.2 Å². The van der Waals surface area contributed by atoms with Gasteiger partial charge in [-0.25, -0.2) is 0 Å². The van der Waals surface area contributed by atoms with E-state index in [0.717, 1.165) is 0 Å². The topological polar surface area (TPSA) is 6.48 Å². The molecule has 7 fully saturated rings. The van der Waals surface area contributed by atoms with Crippen molar-refractivity contribution in [1.82, 2.24) is 0 Å². The Morgan fingerprint density at radius 3 is 0.750 bits per heavy atom. The van der Waals surface area contributed by atoms with Crippen molar-refractivity contribution in [3.8, 4) is 22.3 Å². The van der Waals surface area contributed by atoms with Gasteiger partial charge in [0.25, 0.3) is 0 Å². The molecule has 8 aromatic rings. The van der Waals surface area contributed by atoms with Gasteiger partial charge in [-0.15, -0.1) is 0 Å². The molecular weight excluding hydrogens is 1110 g/mol. The second kappa shape index (κ2) is 28.9. The summed E-state index contributed by atoms with van der Waals surface area (Å²) in [5.41, 5.74) is 26.3. The molecule has 0 amide bonds. The number of rotatable bonds is 16. The molecule has 7 aliphatic rings. The van der Waals surface area contributed by atoms with Crippen LogP contribution < -0.4 is 9.80 Å².